The summed E-state index contributed by atoms with van der Waals surface area (Å²) in [5, 5.41) is 2.52. The van der Waals surface area contributed by atoms with Crippen LogP contribution < -0.4 is 4.98 Å². The van der Waals surface area contributed by atoms with Gasteiger partial charge in [-0.1, -0.05) is 18.2 Å². The topological polar surface area (TPSA) is 29.9 Å². The zero-order chi connectivity index (χ0) is 8.67. The van der Waals surface area contributed by atoms with Crippen molar-refractivity contribution in [3.05, 3.63) is 42.7 Å². The summed E-state index contributed by atoms with van der Waals surface area (Å²) in [6.45, 7) is 0. The second-order valence-corrected chi connectivity index (χ2v) is 3.14. The summed E-state index contributed by atoms with van der Waals surface area (Å²) in [4.78, 5) is 6.45. The smallest absolute Gasteiger partial charge is 0.177 e. The fourth-order valence-electron chi connectivity index (χ4n) is 1.73. The Kier molecular flexibility index (Phi) is 1.19. The van der Waals surface area contributed by atoms with E-state index >= 15 is 0 Å². The molecule has 0 amide bonds. The molecule has 0 aliphatic rings. The van der Waals surface area contributed by atoms with E-state index in [9.17, 15) is 0 Å². The zero-order valence-corrected chi connectivity index (χ0v) is 7.04. The second kappa shape index (κ2) is 2.33. The van der Waals surface area contributed by atoms with Crippen molar-refractivity contribution in [1.82, 2.24) is 4.98 Å². The lowest BCUT2D eigenvalue weighted by molar-refractivity contribution is -0.375. The van der Waals surface area contributed by atoms with E-state index < -0.39 is 0 Å². The van der Waals surface area contributed by atoms with Gasteiger partial charge in [0.25, 0.3) is 0 Å². The minimum absolute atomic E-state index is 1.18. The molecule has 0 aliphatic heterocycles. The summed E-state index contributed by atoms with van der Waals surface area (Å²) in [6.07, 6.45) is 3.95. The van der Waals surface area contributed by atoms with Crippen LogP contribution in [0.4, 0.5) is 0 Å². The number of hydrogen-bond donors (Lipinski definition) is 1. The molecule has 2 nitrogen and oxygen atoms in total. The van der Waals surface area contributed by atoms with Crippen molar-refractivity contribution in [3.63, 3.8) is 0 Å². The summed E-state index contributed by atoms with van der Waals surface area (Å²) in [5.74, 6) is 0. The van der Waals surface area contributed by atoms with Crippen LogP contribution in [0.5, 0.6) is 0 Å². The minimum atomic E-state index is 1.18. The van der Waals surface area contributed by atoms with Gasteiger partial charge in [-0.25, -0.2) is 4.98 Å². The van der Waals surface area contributed by atoms with E-state index in [1.807, 2.05) is 18.5 Å². The number of fused-ring (bicyclic) bond motifs is 3. The number of nitrogens with one attached hydrogen (secondary N) is 2. The first-order chi connectivity index (χ1) is 6.45. The number of aromatic nitrogens is 2. The van der Waals surface area contributed by atoms with Gasteiger partial charge in [0.15, 0.2) is 12.4 Å². The molecule has 0 radical (unpaired) electrons. The molecule has 0 unspecified atom stereocenters. The molecule has 0 saturated heterocycles. The molecule has 0 aliphatic carbocycles. The molecule has 2 heteroatoms. The lowest BCUT2D eigenvalue weighted by atomic mass is 10.2. The van der Waals surface area contributed by atoms with Crippen molar-refractivity contribution in [1.29, 1.82) is 0 Å². The van der Waals surface area contributed by atoms with Crippen LogP contribution in [0.1, 0.15) is 0 Å². The van der Waals surface area contributed by atoms with Crippen LogP contribution in [0, 0.1) is 0 Å². The van der Waals surface area contributed by atoms with Crippen LogP contribution >= 0.6 is 0 Å². The van der Waals surface area contributed by atoms with Gasteiger partial charge in [0.05, 0.1) is 10.9 Å². The van der Waals surface area contributed by atoms with Gasteiger partial charge in [-0.15, -0.1) is 0 Å². The number of benzene rings is 1. The first-order valence-corrected chi connectivity index (χ1v) is 4.32. The number of aromatic amines is 2. The standard InChI is InChI=1S/C11H8N2/c1-2-4-10-8(3-1)9-7-12-6-5-11(9)13-10/h1-7,13H/p+1. The van der Waals surface area contributed by atoms with Gasteiger partial charge in [0, 0.05) is 17.0 Å². The average molecular weight is 169 g/mol. The molecule has 2 heterocycles. The van der Waals surface area contributed by atoms with E-state index in [0.717, 1.165) is 0 Å². The largest absolute Gasteiger partial charge is 0.354 e. The number of rotatable bonds is 0. The maximum atomic E-state index is 3.36. The predicted molar refractivity (Wildman–Crippen MR) is 52.4 cm³/mol. The summed E-state index contributed by atoms with van der Waals surface area (Å²) in [6, 6.07) is 10.4. The van der Waals surface area contributed by atoms with Gasteiger partial charge in [-0.2, -0.15) is 0 Å². The number of hydrogen-bond acceptors (Lipinski definition) is 0. The van der Waals surface area contributed by atoms with E-state index in [-0.39, 0.29) is 0 Å². The van der Waals surface area contributed by atoms with E-state index in [2.05, 4.69) is 34.2 Å². The highest BCUT2D eigenvalue weighted by Gasteiger charge is 2.03. The normalized spacial score (nSPS) is 11.1. The van der Waals surface area contributed by atoms with E-state index in [1.165, 1.54) is 21.8 Å². The number of H-pyrrole nitrogens is 2. The van der Waals surface area contributed by atoms with Crippen molar-refractivity contribution >= 4 is 21.8 Å². The van der Waals surface area contributed by atoms with Crippen molar-refractivity contribution in [2.75, 3.05) is 0 Å². The van der Waals surface area contributed by atoms with E-state index in [0.29, 0.717) is 0 Å². The Balaban J connectivity index is 2.64. The number of pyridine rings is 1. The van der Waals surface area contributed by atoms with Gasteiger partial charge in [-0.05, 0) is 6.07 Å². The SMILES string of the molecule is c1ccc2c(c1)[nH]c1cc[nH+]cc12. The van der Waals surface area contributed by atoms with Crippen molar-refractivity contribution in [3.8, 4) is 0 Å². The van der Waals surface area contributed by atoms with Crippen molar-refractivity contribution in [2.45, 2.75) is 0 Å². The molecule has 3 aromatic rings. The van der Waals surface area contributed by atoms with Crippen LogP contribution in [-0.4, -0.2) is 4.98 Å². The monoisotopic (exact) mass is 169 g/mol. The van der Waals surface area contributed by atoms with Crippen LogP contribution in [0.25, 0.3) is 21.8 Å². The highest BCUT2D eigenvalue weighted by molar-refractivity contribution is 6.06. The van der Waals surface area contributed by atoms with Crippen LogP contribution in [0.15, 0.2) is 42.7 Å². The molecule has 0 bridgehead atoms. The summed E-state index contributed by atoms with van der Waals surface area (Å²) >= 11 is 0. The molecule has 3 rings (SSSR count). The Hall–Kier alpha value is -1.83. The fraction of sp³-hybridized carbons (Fsp3) is 0. The molecule has 0 saturated carbocycles. The van der Waals surface area contributed by atoms with Crippen molar-refractivity contribution < 1.29 is 4.98 Å². The molecular formula is C11H9N2+. The quantitative estimate of drug-likeness (QED) is 0.534. The lowest BCUT2D eigenvalue weighted by Gasteiger charge is -1.84. The summed E-state index contributed by atoms with van der Waals surface area (Å²) in [7, 11) is 0. The molecular weight excluding hydrogens is 160 g/mol. The van der Waals surface area contributed by atoms with Gasteiger partial charge in [0.1, 0.15) is 0 Å². The summed E-state index contributed by atoms with van der Waals surface area (Å²) in [5.41, 5.74) is 2.37. The molecule has 1 aromatic carbocycles. The zero-order valence-electron chi connectivity index (χ0n) is 7.04. The highest BCUT2D eigenvalue weighted by atomic mass is 14.7. The highest BCUT2D eigenvalue weighted by Crippen LogP contribution is 2.22. The maximum Gasteiger partial charge on any atom is 0.177 e. The van der Waals surface area contributed by atoms with Crippen LogP contribution in [0.2, 0.25) is 0 Å². The first kappa shape index (κ1) is 6.66. The maximum absolute atomic E-state index is 3.36. The Morgan fingerprint density at radius 2 is 1.77 bits per heavy atom. The Labute approximate surface area is 75.2 Å². The Bertz CT molecular complexity index is 516. The Morgan fingerprint density at radius 1 is 0.923 bits per heavy atom. The third kappa shape index (κ3) is 0.855. The van der Waals surface area contributed by atoms with Crippen LogP contribution in [-0.2, 0) is 0 Å². The molecule has 62 valence electrons. The lowest BCUT2D eigenvalue weighted by Crippen LogP contribution is -1.96. The average Bonchev–Trinajstić information content (AvgIpc) is 2.56. The minimum Gasteiger partial charge on any atom is -0.354 e. The Morgan fingerprint density at radius 3 is 2.77 bits per heavy atom. The van der Waals surface area contributed by atoms with Gasteiger partial charge in [0.2, 0.25) is 0 Å². The van der Waals surface area contributed by atoms with E-state index in [1.54, 1.807) is 0 Å². The number of para-hydroxylation sites is 1. The molecule has 0 atom stereocenters. The van der Waals surface area contributed by atoms with Gasteiger partial charge < -0.3 is 4.98 Å². The molecule has 0 fully saturated rings. The third-order valence-corrected chi connectivity index (χ3v) is 2.35. The first-order valence-electron chi connectivity index (χ1n) is 4.32. The van der Waals surface area contributed by atoms with Gasteiger partial charge in [-0.3, -0.25) is 0 Å². The second-order valence-electron chi connectivity index (χ2n) is 3.14. The predicted octanol–water partition coefficient (Wildman–Crippen LogP) is 2.14. The van der Waals surface area contributed by atoms with E-state index in [4.69, 9.17) is 0 Å². The molecule has 13 heavy (non-hydrogen) atoms. The van der Waals surface area contributed by atoms with Gasteiger partial charge >= 0.3 is 0 Å². The van der Waals surface area contributed by atoms with Crippen molar-refractivity contribution in [2.24, 2.45) is 0 Å². The van der Waals surface area contributed by atoms with Crippen LogP contribution in [0.3, 0.4) is 0 Å². The summed E-state index contributed by atoms with van der Waals surface area (Å²) < 4.78 is 0. The molecule has 2 aromatic heterocycles. The third-order valence-electron chi connectivity index (χ3n) is 2.35. The molecule has 2 N–H and O–H groups in total. The molecule has 0 spiro atoms. The fourth-order valence-corrected chi connectivity index (χ4v) is 1.73.